The lowest BCUT2D eigenvalue weighted by molar-refractivity contribution is -0.0605. The van der Waals surface area contributed by atoms with E-state index in [2.05, 4.69) is 10.3 Å². The molecule has 2 N–H and O–H groups in total. The Hall–Kier alpha value is -2.04. The number of sulfone groups is 1. The summed E-state index contributed by atoms with van der Waals surface area (Å²) in [7, 11) is -3.38. The Labute approximate surface area is 190 Å². The molecule has 1 aliphatic carbocycles. The summed E-state index contributed by atoms with van der Waals surface area (Å²) in [4.78, 5) is 5.84. The molecule has 2 aromatic rings. The Bertz CT molecular complexity index is 1090. The van der Waals surface area contributed by atoms with E-state index in [1.807, 2.05) is 0 Å². The second kappa shape index (κ2) is 10.3. The lowest BCUT2D eigenvalue weighted by atomic mass is 10.1. The smallest absolute Gasteiger partial charge is 0.312 e. The molecule has 0 atom stereocenters. The van der Waals surface area contributed by atoms with Gasteiger partial charge in [-0.1, -0.05) is 25.0 Å². The first-order valence-electron chi connectivity index (χ1n) is 10.4. The molecule has 0 bridgehead atoms. The average Bonchev–Trinajstić information content (AvgIpc) is 3.41. The van der Waals surface area contributed by atoms with Crippen LogP contribution in [0.3, 0.4) is 0 Å². The normalized spacial score (nSPS) is 15.9. The van der Waals surface area contributed by atoms with Crippen molar-refractivity contribution in [3.8, 4) is 10.4 Å². The van der Waals surface area contributed by atoms with Gasteiger partial charge in [-0.2, -0.15) is 13.2 Å². The molecular formula is C22H26F3N3O2S2. The van der Waals surface area contributed by atoms with E-state index in [4.69, 9.17) is 5.41 Å². The molecule has 3 rings (SSSR count). The van der Waals surface area contributed by atoms with Crippen molar-refractivity contribution >= 4 is 32.6 Å². The second-order valence-electron chi connectivity index (χ2n) is 7.88. The minimum absolute atomic E-state index is 0.177. The summed E-state index contributed by atoms with van der Waals surface area (Å²) in [6, 6.07) is 10.3. The number of rotatable bonds is 9. The van der Waals surface area contributed by atoms with Gasteiger partial charge in [0.15, 0.2) is 9.84 Å². The molecule has 174 valence electrons. The van der Waals surface area contributed by atoms with Crippen molar-refractivity contribution in [1.82, 2.24) is 5.32 Å². The highest BCUT2D eigenvalue weighted by molar-refractivity contribution is 7.90. The number of nitrogens with zero attached hydrogens (tertiary/aromatic N) is 1. The molecule has 32 heavy (non-hydrogen) atoms. The summed E-state index contributed by atoms with van der Waals surface area (Å²) in [6.45, 7) is 0.899. The highest BCUT2D eigenvalue weighted by Crippen LogP contribution is 2.31. The summed E-state index contributed by atoms with van der Waals surface area (Å²) in [5.41, 5.74) is -0.456. The third-order valence-electron chi connectivity index (χ3n) is 5.33. The lowest BCUT2D eigenvalue weighted by Crippen LogP contribution is -2.29. The van der Waals surface area contributed by atoms with Crippen LogP contribution in [0.1, 0.15) is 37.0 Å². The van der Waals surface area contributed by atoms with Crippen LogP contribution >= 0.6 is 11.3 Å². The standard InChI is InChI=1S/C22H26F3N3O2S2/c1-32(29,30)17-8-4-5-15(13-17)19-9-10-20(31-19)18(14-21(26)22(23,24)25)28-12-11-27-16-6-2-3-7-16/h4-5,8-10,13,16,26-27H,2-3,6-7,11-12,14H2,1H3. The van der Waals surface area contributed by atoms with E-state index < -0.39 is 28.1 Å². The first kappa shape index (κ1) is 24.6. The number of halogens is 3. The van der Waals surface area contributed by atoms with E-state index in [1.165, 1.54) is 30.2 Å². The first-order valence-corrected chi connectivity index (χ1v) is 13.1. The minimum Gasteiger partial charge on any atom is -0.312 e. The van der Waals surface area contributed by atoms with Gasteiger partial charge in [-0.15, -0.1) is 11.3 Å². The molecule has 1 aliphatic rings. The van der Waals surface area contributed by atoms with E-state index in [1.54, 1.807) is 30.3 Å². The van der Waals surface area contributed by atoms with Crippen LogP contribution in [0.2, 0.25) is 0 Å². The van der Waals surface area contributed by atoms with Crippen molar-refractivity contribution in [2.24, 2.45) is 4.99 Å². The molecule has 1 aromatic heterocycles. The molecule has 1 fully saturated rings. The average molecular weight is 486 g/mol. The number of hydrogen-bond donors (Lipinski definition) is 2. The number of nitrogens with one attached hydrogen (secondary N) is 2. The van der Waals surface area contributed by atoms with Gasteiger partial charge in [-0.3, -0.25) is 4.99 Å². The maximum absolute atomic E-state index is 13.0. The highest BCUT2D eigenvalue weighted by Gasteiger charge is 2.35. The Morgan fingerprint density at radius 1 is 1.22 bits per heavy atom. The molecule has 0 radical (unpaired) electrons. The molecule has 1 heterocycles. The van der Waals surface area contributed by atoms with Crippen LogP contribution in [-0.4, -0.2) is 51.4 Å². The van der Waals surface area contributed by atoms with Crippen molar-refractivity contribution in [1.29, 1.82) is 5.41 Å². The van der Waals surface area contributed by atoms with Gasteiger partial charge in [-0.05, 0) is 42.7 Å². The third kappa shape index (κ3) is 6.73. The molecule has 0 saturated heterocycles. The molecule has 0 spiro atoms. The number of aliphatic imine (C=N–C) groups is 1. The fourth-order valence-electron chi connectivity index (χ4n) is 3.61. The lowest BCUT2D eigenvalue weighted by Gasteiger charge is -2.12. The zero-order valence-electron chi connectivity index (χ0n) is 17.7. The van der Waals surface area contributed by atoms with Crippen LogP contribution in [-0.2, 0) is 9.84 Å². The number of alkyl halides is 3. The van der Waals surface area contributed by atoms with Gasteiger partial charge in [0.05, 0.1) is 17.2 Å². The van der Waals surface area contributed by atoms with Crippen molar-refractivity contribution in [3.05, 3.63) is 41.3 Å². The first-order chi connectivity index (χ1) is 15.0. The van der Waals surface area contributed by atoms with Crippen molar-refractivity contribution in [3.63, 3.8) is 0 Å². The van der Waals surface area contributed by atoms with E-state index in [-0.39, 0.29) is 10.6 Å². The van der Waals surface area contributed by atoms with Crippen molar-refractivity contribution < 1.29 is 21.6 Å². The van der Waals surface area contributed by atoms with Crippen molar-refractivity contribution in [2.45, 2.75) is 49.2 Å². The van der Waals surface area contributed by atoms with Gasteiger partial charge in [0.1, 0.15) is 5.71 Å². The number of thiophene rings is 1. The van der Waals surface area contributed by atoms with Crippen LogP contribution in [0.25, 0.3) is 10.4 Å². The van der Waals surface area contributed by atoms with Gasteiger partial charge in [0.2, 0.25) is 0 Å². The maximum Gasteiger partial charge on any atom is 0.429 e. The number of hydrogen-bond acceptors (Lipinski definition) is 6. The molecular weight excluding hydrogens is 459 g/mol. The Balaban J connectivity index is 1.80. The second-order valence-corrected chi connectivity index (χ2v) is 11.0. The fourth-order valence-corrected chi connectivity index (χ4v) is 5.28. The largest absolute Gasteiger partial charge is 0.429 e. The van der Waals surface area contributed by atoms with Gasteiger partial charge >= 0.3 is 6.18 Å². The highest BCUT2D eigenvalue weighted by atomic mass is 32.2. The van der Waals surface area contributed by atoms with E-state index >= 15 is 0 Å². The van der Waals surface area contributed by atoms with Gasteiger partial charge in [-0.25, -0.2) is 8.42 Å². The molecule has 5 nitrogen and oxygen atoms in total. The Morgan fingerprint density at radius 3 is 2.59 bits per heavy atom. The van der Waals surface area contributed by atoms with Crippen LogP contribution in [0.4, 0.5) is 13.2 Å². The van der Waals surface area contributed by atoms with E-state index in [0.717, 1.165) is 24.0 Å². The zero-order chi connectivity index (χ0) is 23.4. The fraction of sp³-hybridized carbons (Fsp3) is 0.455. The summed E-state index contributed by atoms with van der Waals surface area (Å²) in [6.07, 6.45) is 0.412. The molecule has 1 saturated carbocycles. The molecule has 0 aliphatic heterocycles. The van der Waals surface area contributed by atoms with Crippen LogP contribution in [0.15, 0.2) is 46.3 Å². The predicted molar refractivity (Wildman–Crippen MR) is 123 cm³/mol. The van der Waals surface area contributed by atoms with E-state index in [9.17, 15) is 21.6 Å². The molecule has 10 heteroatoms. The number of benzene rings is 1. The van der Waals surface area contributed by atoms with Gasteiger partial charge < -0.3 is 10.7 Å². The zero-order valence-corrected chi connectivity index (χ0v) is 19.3. The summed E-state index contributed by atoms with van der Waals surface area (Å²) >= 11 is 1.24. The topological polar surface area (TPSA) is 82.4 Å². The monoisotopic (exact) mass is 485 g/mol. The van der Waals surface area contributed by atoms with Gasteiger partial charge in [0.25, 0.3) is 0 Å². The van der Waals surface area contributed by atoms with Crippen LogP contribution < -0.4 is 5.32 Å². The van der Waals surface area contributed by atoms with E-state index in [0.29, 0.717) is 29.6 Å². The maximum atomic E-state index is 13.0. The minimum atomic E-state index is -4.70. The van der Waals surface area contributed by atoms with Crippen LogP contribution in [0, 0.1) is 5.41 Å². The summed E-state index contributed by atoms with van der Waals surface area (Å²) < 4.78 is 62.7. The molecule has 1 aromatic carbocycles. The summed E-state index contributed by atoms with van der Waals surface area (Å²) in [5.74, 6) is 0. The Kier molecular flexibility index (Phi) is 7.89. The third-order valence-corrected chi connectivity index (χ3v) is 7.62. The molecule has 0 amide bonds. The SMILES string of the molecule is CS(=O)(=O)c1cccc(-c2ccc(C(CC(=N)C(F)(F)F)=NCCNC3CCCC3)s2)c1. The summed E-state index contributed by atoms with van der Waals surface area (Å²) in [5, 5.41) is 10.8. The van der Waals surface area contributed by atoms with Gasteiger partial charge in [0, 0.05) is 35.0 Å². The van der Waals surface area contributed by atoms with Crippen LogP contribution in [0.5, 0.6) is 0 Å². The molecule has 0 unspecified atom stereocenters. The predicted octanol–water partition coefficient (Wildman–Crippen LogP) is 5.11. The quantitative estimate of drug-likeness (QED) is 0.382. The Morgan fingerprint density at radius 2 is 1.94 bits per heavy atom. The van der Waals surface area contributed by atoms with Crippen molar-refractivity contribution in [2.75, 3.05) is 19.3 Å².